The second-order valence-corrected chi connectivity index (χ2v) is 6.91. The predicted octanol–water partition coefficient (Wildman–Crippen LogP) is 3.59. The van der Waals surface area contributed by atoms with Crippen LogP contribution in [0.25, 0.3) is 10.6 Å². The van der Waals surface area contributed by atoms with Gasteiger partial charge in [0.15, 0.2) is 0 Å². The molecule has 1 N–H and O–H groups in total. The lowest BCUT2D eigenvalue weighted by atomic mass is 9.84. The number of furan rings is 1. The van der Waals surface area contributed by atoms with E-state index in [1.807, 2.05) is 24.3 Å². The van der Waals surface area contributed by atoms with Crippen LogP contribution in [0.5, 0.6) is 0 Å². The molecular weight excluding hydrogens is 354 g/mol. The van der Waals surface area contributed by atoms with E-state index < -0.39 is 17.9 Å². The van der Waals surface area contributed by atoms with E-state index in [0.29, 0.717) is 22.5 Å². The maximum absolute atomic E-state index is 12.5. The Bertz CT molecular complexity index is 866. The number of rotatable bonds is 4. The van der Waals surface area contributed by atoms with Crippen LogP contribution >= 0.6 is 11.3 Å². The summed E-state index contributed by atoms with van der Waals surface area (Å²) >= 11 is 1.46. The van der Waals surface area contributed by atoms with Crippen LogP contribution in [-0.2, 0) is 19.1 Å². The monoisotopic (exact) mass is 373 g/mol. The number of hydrogen-bond donors (Lipinski definition) is 1. The van der Waals surface area contributed by atoms with Crippen molar-refractivity contribution in [2.75, 3.05) is 14.2 Å². The summed E-state index contributed by atoms with van der Waals surface area (Å²) in [4.78, 5) is 26.6. The molecule has 3 rings (SSSR count). The van der Waals surface area contributed by atoms with Crippen molar-refractivity contribution in [1.82, 2.24) is 5.32 Å². The first-order valence-electron chi connectivity index (χ1n) is 7.96. The number of dihydropyridines is 1. The fourth-order valence-corrected chi connectivity index (χ4v) is 4.20. The van der Waals surface area contributed by atoms with Gasteiger partial charge in [-0.05, 0) is 38.1 Å². The summed E-state index contributed by atoms with van der Waals surface area (Å²) in [5, 5.41) is 3.09. The third-order valence-corrected chi connectivity index (χ3v) is 5.41. The van der Waals surface area contributed by atoms with Crippen molar-refractivity contribution in [3.05, 3.63) is 57.9 Å². The maximum atomic E-state index is 12.5. The van der Waals surface area contributed by atoms with Gasteiger partial charge in [0.25, 0.3) is 0 Å². The van der Waals surface area contributed by atoms with E-state index in [1.165, 1.54) is 25.6 Å². The Labute approximate surface area is 155 Å². The van der Waals surface area contributed by atoms with E-state index in [4.69, 9.17) is 13.9 Å². The number of esters is 2. The molecular formula is C19H19NO5S. The highest BCUT2D eigenvalue weighted by Gasteiger charge is 2.38. The molecule has 0 fully saturated rings. The summed E-state index contributed by atoms with van der Waals surface area (Å²) in [5.74, 6) is -0.801. The zero-order valence-electron chi connectivity index (χ0n) is 14.9. The van der Waals surface area contributed by atoms with Crippen molar-refractivity contribution in [3.8, 4) is 10.6 Å². The molecule has 0 unspecified atom stereocenters. The first-order valence-corrected chi connectivity index (χ1v) is 8.78. The Morgan fingerprint density at radius 3 is 2.15 bits per heavy atom. The summed E-state index contributed by atoms with van der Waals surface area (Å²) < 4.78 is 15.4. The first kappa shape index (κ1) is 18.0. The van der Waals surface area contributed by atoms with Gasteiger partial charge in [-0.3, -0.25) is 0 Å². The van der Waals surface area contributed by atoms with Crippen LogP contribution < -0.4 is 5.32 Å². The number of ether oxygens (including phenoxy) is 2. The largest absolute Gasteiger partial charge is 0.466 e. The number of allylic oxidation sites excluding steroid dienone is 2. The second-order valence-electron chi connectivity index (χ2n) is 5.80. The van der Waals surface area contributed by atoms with Gasteiger partial charge in [0.2, 0.25) is 0 Å². The fraction of sp³-hybridized carbons (Fsp3) is 0.263. The highest BCUT2D eigenvalue weighted by Crippen LogP contribution is 2.43. The molecule has 2 aromatic heterocycles. The van der Waals surface area contributed by atoms with Crippen LogP contribution in [0, 0.1) is 0 Å². The standard InChI is InChI=1S/C19H19NO5S/c1-10-15(18(21)23-3)17(16(11(2)20-10)19(22)24-4)14-8-7-13(26-14)12-6-5-9-25-12/h5-9,17,20H,1-4H3. The Morgan fingerprint density at radius 1 is 1.04 bits per heavy atom. The average molecular weight is 373 g/mol. The maximum Gasteiger partial charge on any atom is 0.336 e. The Balaban J connectivity index is 2.15. The van der Waals surface area contributed by atoms with Crippen LogP contribution in [0.15, 0.2) is 57.5 Å². The summed E-state index contributed by atoms with van der Waals surface area (Å²) in [6.07, 6.45) is 1.60. The number of nitrogens with one attached hydrogen (secondary N) is 1. The lowest BCUT2D eigenvalue weighted by molar-refractivity contribution is -0.137. The molecule has 0 amide bonds. The molecule has 0 radical (unpaired) electrons. The van der Waals surface area contributed by atoms with Gasteiger partial charge < -0.3 is 19.2 Å². The lowest BCUT2D eigenvalue weighted by Gasteiger charge is -2.29. The molecule has 2 aromatic rings. The van der Waals surface area contributed by atoms with Gasteiger partial charge in [-0.2, -0.15) is 0 Å². The van der Waals surface area contributed by atoms with Gasteiger partial charge in [0.05, 0.1) is 42.4 Å². The Kier molecular flexibility index (Phi) is 4.99. The number of hydrogen-bond acceptors (Lipinski definition) is 7. The van der Waals surface area contributed by atoms with Crippen molar-refractivity contribution in [1.29, 1.82) is 0 Å². The average Bonchev–Trinajstić information content (AvgIpc) is 3.31. The number of methoxy groups -OCH3 is 2. The van der Waals surface area contributed by atoms with E-state index in [9.17, 15) is 9.59 Å². The van der Waals surface area contributed by atoms with Gasteiger partial charge in [-0.15, -0.1) is 11.3 Å². The zero-order chi connectivity index (χ0) is 18.8. The van der Waals surface area contributed by atoms with E-state index in [1.54, 1.807) is 20.1 Å². The number of carbonyl (C=O) groups is 2. The third-order valence-electron chi connectivity index (χ3n) is 4.25. The molecule has 1 aliphatic rings. The molecule has 0 saturated carbocycles. The molecule has 0 spiro atoms. The molecule has 0 bridgehead atoms. The summed E-state index contributed by atoms with van der Waals surface area (Å²) in [6.45, 7) is 3.58. The molecule has 136 valence electrons. The van der Waals surface area contributed by atoms with Crippen LogP contribution in [0.1, 0.15) is 24.6 Å². The van der Waals surface area contributed by atoms with E-state index in [2.05, 4.69) is 5.32 Å². The fourth-order valence-electron chi connectivity index (χ4n) is 3.10. The zero-order valence-corrected chi connectivity index (χ0v) is 15.7. The summed E-state index contributed by atoms with van der Waals surface area (Å²) in [6, 6.07) is 7.48. The minimum atomic E-state index is -0.565. The smallest absolute Gasteiger partial charge is 0.336 e. The normalized spacial score (nSPS) is 15.1. The van der Waals surface area contributed by atoms with E-state index >= 15 is 0 Å². The minimum absolute atomic E-state index is 0.395. The third kappa shape index (κ3) is 3.06. The first-order chi connectivity index (χ1) is 12.5. The van der Waals surface area contributed by atoms with Gasteiger partial charge >= 0.3 is 11.9 Å². The van der Waals surface area contributed by atoms with Crippen molar-refractivity contribution in [2.45, 2.75) is 19.8 Å². The van der Waals surface area contributed by atoms with Crippen molar-refractivity contribution in [2.24, 2.45) is 0 Å². The van der Waals surface area contributed by atoms with Crippen molar-refractivity contribution >= 4 is 23.3 Å². The van der Waals surface area contributed by atoms with Crippen LogP contribution in [0.3, 0.4) is 0 Å². The molecule has 1 aliphatic heterocycles. The molecule has 6 nitrogen and oxygen atoms in total. The predicted molar refractivity (Wildman–Crippen MR) is 97.3 cm³/mol. The van der Waals surface area contributed by atoms with E-state index in [-0.39, 0.29) is 0 Å². The van der Waals surface area contributed by atoms with Gasteiger partial charge in [0.1, 0.15) is 5.76 Å². The van der Waals surface area contributed by atoms with Gasteiger partial charge in [0, 0.05) is 16.3 Å². The van der Waals surface area contributed by atoms with Crippen LogP contribution in [0.2, 0.25) is 0 Å². The Hall–Kier alpha value is -2.80. The van der Waals surface area contributed by atoms with Crippen molar-refractivity contribution < 1.29 is 23.5 Å². The highest BCUT2D eigenvalue weighted by atomic mass is 32.1. The lowest BCUT2D eigenvalue weighted by Crippen LogP contribution is -2.31. The molecule has 0 saturated heterocycles. The molecule has 3 heterocycles. The van der Waals surface area contributed by atoms with Crippen LogP contribution in [0.4, 0.5) is 0 Å². The number of thiophene rings is 1. The van der Waals surface area contributed by atoms with Crippen molar-refractivity contribution in [3.63, 3.8) is 0 Å². The minimum Gasteiger partial charge on any atom is -0.466 e. The quantitative estimate of drug-likeness (QED) is 0.826. The molecule has 26 heavy (non-hydrogen) atoms. The summed E-state index contributed by atoms with van der Waals surface area (Å²) in [7, 11) is 2.65. The van der Waals surface area contributed by atoms with E-state index in [0.717, 1.165) is 15.5 Å². The van der Waals surface area contributed by atoms with Crippen LogP contribution in [-0.4, -0.2) is 26.2 Å². The topological polar surface area (TPSA) is 77.8 Å². The molecule has 7 heteroatoms. The molecule has 0 aliphatic carbocycles. The van der Waals surface area contributed by atoms with Gasteiger partial charge in [-0.25, -0.2) is 9.59 Å². The summed E-state index contributed by atoms with van der Waals surface area (Å²) in [5.41, 5.74) is 2.09. The second kappa shape index (κ2) is 7.21. The molecule has 0 aromatic carbocycles. The highest BCUT2D eigenvalue weighted by molar-refractivity contribution is 7.15. The molecule has 0 atom stereocenters. The number of carbonyl (C=O) groups excluding carboxylic acids is 2. The SMILES string of the molecule is COC(=O)C1=C(C)NC(C)=C(C(=O)OC)C1c1ccc(-c2ccco2)s1. The Morgan fingerprint density at radius 2 is 1.65 bits per heavy atom. The van der Waals surface area contributed by atoms with Gasteiger partial charge in [-0.1, -0.05) is 0 Å².